The molecule has 2 aromatic carbocycles. The third-order valence-corrected chi connectivity index (χ3v) is 12.0. The zero-order chi connectivity index (χ0) is 34.4. The number of amides is 2. The van der Waals surface area contributed by atoms with Crippen molar-refractivity contribution in [2.75, 3.05) is 30.9 Å². The third kappa shape index (κ3) is 8.74. The maximum absolute atomic E-state index is 14.2. The van der Waals surface area contributed by atoms with Gasteiger partial charge in [-0.15, -0.1) is 4.36 Å². The van der Waals surface area contributed by atoms with Crippen LogP contribution in [-0.4, -0.2) is 57.7 Å². The Morgan fingerprint density at radius 3 is 2.80 bits per heavy atom. The maximum atomic E-state index is 14.2. The molecule has 3 aliphatic rings. The van der Waals surface area contributed by atoms with Crippen molar-refractivity contribution in [2.45, 2.75) is 70.4 Å². The summed E-state index contributed by atoms with van der Waals surface area (Å²) in [5, 5.41) is 0.717. The van der Waals surface area contributed by atoms with Gasteiger partial charge in [-0.05, 0) is 98.2 Å². The van der Waals surface area contributed by atoms with Crippen LogP contribution in [0.5, 0.6) is 5.75 Å². The maximum Gasteiger partial charge on any atom is 0.286 e. The van der Waals surface area contributed by atoms with Crippen LogP contribution in [0.4, 0.5) is 5.69 Å². The zero-order valence-corrected chi connectivity index (χ0v) is 29.9. The van der Waals surface area contributed by atoms with Gasteiger partial charge in [-0.25, -0.2) is 9.19 Å². The van der Waals surface area contributed by atoms with Crippen molar-refractivity contribution in [3.63, 3.8) is 0 Å². The van der Waals surface area contributed by atoms with Gasteiger partial charge in [0.25, 0.3) is 5.91 Å². The number of carbonyl (C=O) groups is 2. The lowest BCUT2D eigenvalue weighted by molar-refractivity contribution is -0.119. The van der Waals surface area contributed by atoms with Crippen LogP contribution >= 0.6 is 11.6 Å². The summed E-state index contributed by atoms with van der Waals surface area (Å²) in [6.07, 6.45) is 14.0. The number of carbonyl (C=O) groups excluding carboxylic acids is 2. The SMILES string of the molecule is CO[C@H]1/C=C/CCCS(=O)(NC(=O)CCc2nccn2C)=NC(=O)c2ccc3c(c2)N(Cc2ccc(Cl)cc2CCCCO3)C[C@@H]2CC[C@H]21. The standard InChI is InChI=1S/C37H46ClN5O5S/c1-42-19-18-39-35(42)16-17-36(44)40-49(46)21-7-3-4-9-33(47-2)31-14-11-29(31)25-43-24-28-10-13-30(38)22-26(28)8-5-6-20-48-34-15-12-27(23-32(34)43)37(45)41-49/h4,9-10,12-13,15,18-19,22-23,29,31,33H,3,5-8,11,14,16-17,20-21,24-25H2,1-2H3,(H,40,41,44,45,46)/b9-4+/t29-,31+,33-,49?/m0/s1. The second-order valence-electron chi connectivity index (χ2n) is 13.3. The molecule has 1 saturated carbocycles. The minimum atomic E-state index is -3.42. The van der Waals surface area contributed by atoms with E-state index in [-0.39, 0.29) is 18.3 Å². The molecule has 6 rings (SSSR count). The first-order valence-electron chi connectivity index (χ1n) is 17.3. The molecule has 0 saturated heterocycles. The second-order valence-corrected chi connectivity index (χ2v) is 15.8. The molecule has 1 aliphatic carbocycles. The first kappa shape index (κ1) is 35.2. The predicted molar refractivity (Wildman–Crippen MR) is 192 cm³/mol. The minimum absolute atomic E-state index is 0.0421. The van der Waals surface area contributed by atoms with Crippen LogP contribution in [0.3, 0.4) is 0 Å². The van der Waals surface area contributed by atoms with Gasteiger partial charge in [0.2, 0.25) is 5.91 Å². The Morgan fingerprint density at radius 2 is 2.02 bits per heavy atom. The number of anilines is 1. The highest BCUT2D eigenvalue weighted by atomic mass is 35.5. The van der Waals surface area contributed by atoms with E-state index in [4.69, 9.17) is 21.1 Å². The number of halogens is 1. The van der Waals surface area contributed by atoms with Crippen LogP contribution in [0.2, 0.25) is 5.02 Å². The number of nitrogens with one attached hydrogen (secondary N) is 1. The van der Waals surface area contributed by atoms with E-state index in [0.717, 1.165) is 50.2 Å². The van der Waals surface area contributed by atoms with Crippen LogP contribution < -0.4 is 14.4 Å². The van der Waals surface area contributed by atoms with Gasteiger partial charge in [-0.3, -0.25) is 14.3 Å². The van der Waals surface area contributed by atoms with Crippen molar-refractivity contribution in [2.24, 2.45) is 23.2 Å². The smallest absolute Gasteiger partial charge is 0.286 e. The van der Waals surface area contributed by atoms with Gasteiger partial charge in [0.05, 0.1) is 24.2 Å². The fourth-order valence-corrected chi connectivity index (χ4v) is 8.84. The molecule has 0 radical (unpaired) electrons. The van der Waals surface area contributed by atoms with Crippen LogP contribution in [0.15, 0.2) is 65.3 Å². The molecule has 2 bridgehead atoms. The van der Waals surface area contributed by atoms with E-state index in [9.17, 15) is 13.8 Å². The van der Waals surface area contributed by atoms with Crippen LogP contribution in [-0.2, 0) is 45.9 Å². The van der Waals surface area contributed by atoms with E-state index < -0.39 is 21.7 Å². The lowest BCUT2D eigenvalue weighted by atomic mass is 9.70. The Kier molecular flexibility index (Phi) is 11.4. The molecule has 1 fully saturated rings. The molecule has 2 aliphatic heterocycles. The third-order valence-electron chi connectivity index (χ3n) is 9.92. The van der Waals surface area contributed by atoms with Crippen molar-refractivity contribution in [3.8, 4) is 5.75 Å². The highest BCUT2D eigenvalue weighted by molar-refractivity contribution is 7.92. The number of hydrogen-bond donors (Lipinski definition) is 1. The number of hydrogen-bond acceptors (Lipinski definition) is 7. The normalized spacial score (nSPS) is 25.3. The number of allylic oxidation sites excluding steroid dienone is 1. The van der Waals surface area contributed by atoms with E-state index in [2.05, 4.69) is 43.3 Å². The Labute approximate surface area is 294 Å². The topological polar surface area (TPSA) is 115 Å². The van der Waals surface area contributed by atoms with Crippen molar-refractivity contribution < 1.29 is 23.3 Å². The van der Waals surface area contributed by atoms with Gasteiger partial charge in [0.1, 0.15) is 21.5 Å². The minimum Gasteiger partial charge on any atom is -0.491 e. The molecule has 1 aromatic heterocycles. The quantitative estimate of drug-likeness (QED) is 0.303. The van der Waals surface area contributed by atoms with Crippen molar-refractivity contribution in [3.05, 3.63) is 88.5 Å². The number of ether oxygens (including phenoxy) is 2. The van der Waals surface area contributed by atoms with E-state index in [1.165, 1.54) is 11.1 Å². The second kappa shape index (κ2) is 15.9. The average Bonchev–Trinajstić information content (AvgIpc) is 3.47. The molecular formula is C37H46ClN5O5S. The molecule has 2 amide bonds. The number of imidazole rings is 1. The summed E-state index contributed by atoms with van der Waals surface area (Å²) in [4.78, 5) is 33.5. The van der Waals surface area contributed by atoms with E-state index >= 15 is 0 Å². The number of nitrogens with zero attached hydrogens (tertiary/aromatic N) is 4. The van der Waals surface area contributed by atoms with Crippen molar-refractivity contribution >= 4 is 39.0 Å². The van der Waals surface area contributed by atoms with Gasteiger partial charge in [-0.2, -0.15) is 0 Å². The Balaban J connectivity index is 1.38. The highest BCUT2D eigenvalue weighted by Crippen LogP contribution is 2.42. The zero-order valence-electron chi connectivity index (χ0n) is 28.3. The first-order valence-corrected chi connectivity index (χ1v) is 19.3. The molecule has 0 spiro atoms. The number of aromatic nitrogens is 2. The van der Waals surface area contributed by atoms with E-state index in [1.54, 1.807) is 19.4 Å². The lowest BCUT2D eigenvalue weighted by Gasteiger charge is -2.43. The largest absolute Gasteiger partial charge is 0.491 e. The van der Waals surface area contributed by atoms with Crippen LogP contribution in [0.25, 0.3) is 0 Å². The summed E-state index contributed by atoms with van der Waals surface area (Å²) < 4.78 is 35.3. The van der Waals surface area contributed by atoms with Crippen molar-refractivity contribution in [1.29, 1.82) is 0 Å². The predicted octanol–water partition coefficient (Wildman–Crippen LogP) is 6.46. The number of fused-ring (bicyclic) bond motifs is 3. The lowest BCUT2D eigenvalue weighted by Crippen LogP contribution is -2.43. The Morgan fingerprint density at radius 1 is 1.14 bits per heavy atom. The molecule has 12 heteroatoms. The highest BCUT2D eigenvalue weighted by Gasteiger charge is 2.38. The van der Waals surface area contributed by atoms with Gasteiger partial charge >= 0.3 is 0 Å². The Hall–Kier alpha value is -3.67. The molecule has 4 atom stereocenters. The number of aryl methyl sites for hydroxylation is 3. The van der Waals surface area contributed by atoms with Gasteiger partial charge < -0.3 is 18.9 Å². The van der Waals surface area contributed by atoms with Crippen LogP contribution in [0.1, 0.15) is 72.3 Å². The summed E-state index contributed by atoms with van der Waals surface area (Å²) in [5.41, 5.74) is 3.48. The van der Waals surface area contributed by atoms with E-state index in [0.29, 0.717) is 60.6 Å². The van der Waals surface area contributed by atoms with Crippen LogP contribution in [0, 0.1) is 11.8 Å². The average molecular weight is 708 g/mol. The number of methoxy groups -OCH3 is 1. The Bertz CT molecular complexity index is 1820. The molecule has 49 heavy (non-hydrogen) atoms. The molecule has 1 N–H and O–H groups in total. The molecule has 3 aromatic rings. The molecule has 262 valence electrons. The number of benzene rings is 2. The molecule has 1 unspecified atom stereocenters. The van der Waals surface area contributed by atoms with Crippen molar-refractivity contribution in [1.82, 2.24) is 14.3 Å². The summed E-state index contributed by atoms with van der Waals surface area (Å²) in [6, 6.07) is 11.4. The fourth-order valence-electron chi connectivity index (χ4n) is 7.01. The number of rotatable bonds is 5. The first-order chi connectivity index (χ1) is 23.7. The van der Waals surface area contributed by atoms with E-state index in [1.807, 2.05) is 36.0 Å². The monoisotopic (exact) mass is 707 g/mol. The van der Waals surface area contributed by atoms with Gasteiger partial charge in [-0.1, -0.05) is 29.8 Å². The van der Waals surface area contributed by atoms with Gasteiger partial charge in [0, 0.05) is 63.1 Å². The summed E-state index contributed by atoms with van der Waals surface area (Å²) >= 11 is 6.45. The molecule has 3 heterocycles. The molecular weight excluding hydrogens is 662 g/mol. The summed E-state index contributed by atoms with van der Waals surface area (Å²) in [7, 11) is 0.187. The summed E-state index contributed by atoms with van der Waals surface area (Å²) in [6.45, 7) is 1.89. The fraction of sp³-hybridized carbons (Fsp3) is 0.486. The summed E-state index contributed by atoms with van der Waals surface area (Å²) in [5.74, 6) is 1.11. The van der Waals surface area contributed by atoms with Gasteiger partial charge in [0.15, 0.2) is 0 Å². The molecule has 10 nitrogen and oxygen atoms in total.